The van der Waals surface area contributed by atoms with E-state index in [2.05, 4.69) is 34.4 Å². The van der Waals surface area contributed by atoms with Crippen molar-refractivity contribution >= 4 is 12.4 Å². The standard InChI is InChI=1S/C12H19N3.ClH/c1-15(12-3-2-6-14-9-12)10-11-4-7-13-8-5-11;/h4-5,7-8,12,14H,2-3,6,9-10H2,1H3;1H/t12-;/m0./s1. The monoisotopic (exact) mass is 241 g/mol. The number of nitrogens with zero attached hydrogens (tertiary/aromatic N) is 2. The van der Waals surface area contributed by atoms with Gasteiger partial charge in [0.15, 0.2) is 0 Å². The van der Waals surface area contributed by atoms with Crippen LogP contribution < -0.4 is 5.32 Å². The van der Waals surface area contributed by atoms with Crippen LogP contribution in [0.15, 0.2) is 24.5 Å². The molecular formula is C12H20ClN3. The summed E-state index contributed by atoms with van der Waals surface area (Å²) in [4.78, 5) is 6.47. The fraction of sp³-hybridized carbons (Fsp3) is 0.583. The molecule has 0 amide bonds. The van der Waals surface area contributed by atoms with E-state index in [1.807, 2.05) is 12.4 Å². The molecule has 3 nitrogen and oxygen atoms in total. The summed E-state index contributed by atoms with van der Waals surface area (Å²) in [7, 11) is 2.21. The number of nitrogens with one attached hydrogen (secondary N) is 1. The first kappa shape index (κ1) is 13.4. The van der Waals surface area contributed by atoms with Crippen LogP contribution in [0.2, 0.25) is 0 Å². The molecule has 1 aromatic rings. The molecule has 0 spiro atoms. The summed E-state index contributed by atoms with van der Waals surface area (Å²) in [5.41, 5.74) is 1.35. The Kier molecular flexibility index (Phi) is 5.74. The lowest BCUT2D eigenvalue weighted by molar-refractivity contribution is 0.196. The zero-order valence-electron chi connectivity index (χ0n) is 9.72. The maximum atomic E-state index is 4.03. The topological polar surface area (TPSA) is 28.2 Å². The Morgan fingerprint density at radius 1 is 1.44 bits per heavy atom. The average Bonchev–Trinajstić information content (AvgIpc) is 2.31. The molecule has 1 saturated heterocycles. The summed E-state index contributed by atoms with van der Waals surface area (Å²) in [5, 5.41) is 3.45. The molecule has 0 aliphatic carbocycles. The number of likely N-dealkylation sites (N-methyl/N-ethyl adjacent to an activating group) is 1. The van der Waals surface area contributed by atoms with Crippen LogP contribution in [-0.2, 0) is 6.54 Å². The number of hydrogen-bond donors (Lipinski definition) is 1. The molecule has 0 saturated carbocycles. The number of pyridine rings is 1. The fourth-order valence-electron chi connectivity index (χ4n) is 2.11. The first-order valence-electron chi connectivity index (χ1n) is 5.66. The van der Waals surface area contributed by atoms with Crippen LogP contribution in [0.1, 0.15) is 18.4 Å². The molecular weight excluding hydrogens is 222 g/mol. The molecule has 1 aromatic heterocycles. The number of hydrogen-bond acceptors (Lipinski definition) is 3. The third-order valence-corrected chi connectivity index (χ3v) is 3.08. The number of piperidine rings is 1. The second-order valence-electron chi connectivity index (χ2n) is 4.27. The van der Waals surface area contributed by atoms with Crippen molar-refractivity contribution in [2.45, 2.75) is 25.4 Å². The van der Waals surface area contributed by atoms with Gasteiger partial charge < -0.3 is 5.32 Å². The van der Waals surface area contributed by atoms with Crippen molar-refractivity contribution in [1.29, 1.82) is 0 Å². The van der Waals surface area contributed by atoms with E-state index in [0.29, 0.717) is 6.04 Å². The van der Waals surface area contributed by atoms with Crippen molar-refractivity contribution in [3.05, 3.63) is 30.1 Å². The Morgan fingerprint density at radius 3 is 2.81 bits per heavy atom. The minimum atomic E-state index is 0. The average molecular weight is 242 g/mol. The van der Waals surface area contributed by atoms with Crippen molar-refractivity contribution in [1.82, 2.24) is 15.2 Å². The highest BCUT2D eigenvalue weighted by Crippen LogP contribution is 2.11. The molecule has 0 radical (unpaired) electrons. The quantitative estimate of drug-likeness (QED) is 0.873. The number of rotatable bonds is 3. The largest absolute Gasteiger partial charge is 0.315 e. The molecule has 1 aliphatic rings. The van der Waals surface area contributed by atoms with E-state index in [4.69, 9.17) is 0 Å². The maximum Gasteiger partial charge on any atom is 0.0271 e. The van der Waals surface area contributed by atoms with Gasteiger partial charge in [-0.25, -0.2) is 0 Å². The molecule has 2 rings (SSSR count). The Labute approximate surface area is 104 Å². The predicted octanol–water partition coefficient (Wildman–Crippen LogP) is 1.69. The second kappa shape index (κ2) is 6.84. The summed E-state index contributed by atoms with van der Waals surface area (Å²) in [6.45, 7) is 3.33. The van der Waals surface area contributed by atoms with Crippen molar-refractivity contribution in [3.63, 3.8) is 0 Å². The van der Waals surface area contributed by atoms with Gasteiger partial charge in [0.25, 0.3) is 0 Å². The molecule has 0 bridgehead atoms. The molecule has 0 unspecified atom stereocenters. The smallest absolute Gasteiger partial charge is 0.0271 e. The lowest BCUT2D eigenvalue weighted by atomic mass is 10.1. The predicted molar refractivity (Wildman–Crippen MR) is 68.8 cm³/mol. The zero-order valence-corrected chi connectivity index (χ0v) is 10.5. The van der Waals surface area contributed by atoms with Gasteiger partial charge in [-0.2, -0.15) is 0 Å². The molecule has 1 aliphatic heterocycles. The van der Waals surface area contributed by atoms with Crippen molar-refractivity contribution in [2.75, 3.05) is 20.1 Å². The van der Waals surface area contributed by atoms with Crippen molar-refractivity contribution in [2.24, 2.45) is 0 Å². The van der Waals surface area contributed by atoms with Gasteiger partial charge in [-0.3, -0.25) is 9.88 Å². The molecule has 1 fully saturated rings. The minimum absolute atomic E-state index is 0. The van der Waals surface area contributed by atoms with Gasteiger partial charge in [-0.05, 0) is 44.1 Å². The normalized spacial score (nSPS) is 20.5. The van der Waals surface area contributed by atoms with E-state index in [9.17, 15) is 0 Å². The molecule has 0 aromatic carbocycles. The van der Waals surface area contributed by atoms with E-state index in [1.165, 1.54) is 24.9 Å². The van der Waals surface area contributed by atoms with E-state index < -0.39 is 0 Å². The first-order chi connectivity index (χ1) is 7.36. The van der Waals surface area contributed by atoms with Gasteiger partial charge in [0, 0.05) is 31.5 Å². The minimum Gasteiger partial charge on any atom is -0.315 e. The highest BCUT2D eigenvalue weighted by atomic mass is 35.5. The van der Waals surface area contributed by atoms with E-state index in [-0.39, 0.29) is 12.4 Å². The summed E-state index contributed by atoms with van der Waals surface area (Å²) in [6.07, 6.45) is 6.34. The van der Waals surface area contributed by atoms with Crippen molar-refractivity contribution < 1.29 is 0 Å². The molecule has 1 N–H and O–H groups in total. The van der Waals surface area contributed by atoms with E-state index in [1.54, 1.807) is 0 Å². The van der Waals surface area contributed by atoms with E-state index in [0.717, 1.165) is 13.1 Å². The zero-order chi connectivity index (χ0) is 10.5. The summed E-state index contributed by atoms with van der Waals surface area (Å²) in [5.74, 6) is 0. The van der Waals surface area contributed by atoms with Crippen molar-refractivity contribution in [3.8, 4) is 0 Å². The van der Waals surface area contributed by atoms with Crippen LogP contribution in [0.5, 0.6) is 0 Å². The third kappa shape index (κ3) is 3.74. The second-order valence-corrected chi connectivity index (χ2v) is 4.27. The van der Waals surface area contributed by atoms with Gasteiger partial charge in [0.05, 0.1) is 0 Å². The summed E-state index contributed by atoms with van der Waals surface area (Å²) in [6, 6.07) is 4.87. The fourth-order valence-corrected chi connectivity index (χ4v) is 2.11. The van der Waals surface area contributed by atoms with Gasteiger partial charge >= 0.3 is 0 Å². The molecule has 4 heteroatoms. The Balaban J connectivity index is 0.00000128. The first-order valence-corrected chi connectivity index (χ1v) is 5.66. The number of aromatic nitrogens is 1. The van der Waals surface area contributed by atoms with Crippen LogP contribution in [0.3, 0.4) is 0 Å². The van der Waals surface area contributed by atoms with Gasteiger partial charge in [0.1, 0.15) is 0 Å². The molecule has 2 heterocycles. The van der Waals surface area contributed by atoms with Gasteiger partial charge in [-0.15, -0.1) is 12.4 Å². The van der Waals surface area contributed by atoms with Crippen LogP contribution in [-0.4, -0.2) is 36.1 Å². The SMILES string of the molecule is CN(Cc1ccncc1)[C@H]1CCCNC1.Cl. The van der Waals surface area contributed by atoms with Crippen LogP contribution in [0, 0.1) is 0 Å². The lowest BCUT2D eigenvalue weighted by Crippen LogP contribution is -2.43. The molecule has 1 atom stereocenters. The van der Waals surface area contributed by atoms with E-state index >= 15 is 0 Å². The summed E-state index contributed by atoms with van der Waals surface area (Å²) >= 11 is 0. The third-order valence-electron chi connectivity index (χ3n) is 3.08. The Morgan fingerprint density at radius 2 is 2.19 bits per heavy atom. The molecule has 16 heavy (non-hydrogen) atoms. The van der Waals surface area contributed by atoms with Crippen LogP contribution in [0.4, 0.5) is 0 Å². The highest BCUT2D eigenvalue weighted by molar-refractivity contribution is 5.85. The Hall–Kier alpha value is -0.640. The van der Waals surface area contributed by atoms with Gasteiger partial charge in [-0.1, -0.05) is 0 Å². The summed E-state index contributed by atoms with van der Waals surface area (Å²) < 4.78 is 0. The van der Waals surface area contributed by atoms with Crippen LogP contribution >= 0.6 is 12.4 Å². The Bertz CT molecular complexity index is 286. The van der Waals surface area contributed by atoms with Crippen LogP contribution in [0.25, 0.3) is 0 Å². The van der Waals surface area contributed by atoms with Gasteiger partial charge in [0.2, 0.25) is 0 Å². The highest BCUT2D eigenvalue weighted by Gasteiger charge is 2.17. The number of halogens is 1. The lowest BCUT2D eigenvalue weighted by Gasteiger charge is -2.31. The maximum absolute atomic E-state index is 4.03. The molecule has 90 valence electrons.